The van der Waals surface area contributed by atoms with Crippen LogP contribution in [0.1, 0.15) is 40.3 Å². The molecule has 2 aliphatic rings. The normalized spacial score (nSPS) is 29.9. The molecule has 3 rings (SSSR count). The maximum Gasteiger partial charge on any atom is 0.223 e. The number of aromatic nitrogens is 2. The fourth-order valence-electron chi connectivity index (χ4n) is 3.20. The minimum Gasteiger partial charge on any atom is -0.371 e. The fraction of sp³-hybridized carbons (Fsp3) is 0.778. The molecular formula is C18H30N4O2. The van der Waals surface area contributed by atoms with E-state index < -0.39 is 0 Å². The molecule has 4 atom stereocenters. The highest BCUT2D eigenvalue weighted by Gasteiger charge is 2.47. The number of nitrogens with one attached hydrogen (secondary N) is 2. The number of rotatable bonds is 5. The summed E-state index contributed by atoms with van der Waals surface area (Å²) in [6.07, 6.45) is 1.97. The highest BCUT2D eigenvalue weighted by atomic mass is 16.6. The van der Waals surface area contributed by atoms with E-state index in [4.69, 9.17) is 9.47 Å². The van der Waals surface area contributed by atoms with Crippen LogP contribution in [0, 0.1) is 5.92 Å². The van der Waals surface area contributed by atoms with Crippen molar-refractivity contribution in [2.75, 3.05) is 25.1 Å². The number of hydrogen-bond acceptors (Lipinski definition) is 6. The van der Waals surface area contributed by atoms with E-state index in [1.165, 1.54) is 0 Å². The standard InChI is InChI=1S/C18H30N4O2/c1-11(2)8-20-12-9-23-16-13(10-24-15(12)16)21-17-19-7-6-14(22-17)18(3,4)5/h6-7,11-13,15-16,20H,8-10H2,1-5H3,(H,19,21,22)/t12-,13+,15-,16+/m1/s1. The summed E-state index contributed by atoms with van der Waals surface area (Å²) in [5.74, 6) is 1.27. The van der Waals surface area contributed by atoms with E-state index in [0.29, 0.717) is 25.1 Å². The van der Waals surface area contributed by atoms with Gasteiger partial charge in [0.25, 0.3) is 0 Å². The molecule has 0 unspecified atom stereocenters. The Morgan fingerprint density at radius 2 is 1.83 bits per heavy atom. The summed E-state index contributed by atoms with van der Waals surface area (Å²) >= 11 is 0. The van der Waals surface area contributed by atoms with Crippen LogP contribution >= 0.6 is 0 Å². The quantitative estimate of drug-likeness (QED) is 0.858. The lowest BCUT2D eigenvalue weighted by molar-refractivity contribution is 0.0674. The van der Waals surface area contributed by atoms with Crippen LogP contribution in [0.2, 0.25) is 0 Å². The van der Waals surface area contributed by atoms with Gasteiger partial charge in [-0.15, -0.1) is 0 Å². The van der Waals surface area contributed by atoms with Crippen LogP contribution in [0.15, 0.2) is 12.3 Å². The Kier molecular flexibility index (Phi) is 5.08. The molecule has 2 aliphatic heterocycles. The molecule has 2 saturated heterocycles. The van der Waals surface area contributed by atoms with Gasteiger partial charge in [0.2, 0.25) is 5.95 Å². The topological polar surface area (TPSA) is 68.3 Å². The fourth-order valence-corrected chi connectivity index (χ4v) is 3.20. The molecule has 0 saturated carbocycles. The molecule has 0 aromatic carbocycles. The maximum atomic E-state index is 6.00. The Morgan fingerprint density at radius 3 is 2.50 bits per heavy atom. The van der Waals surface area contributed by atoms with Gasteiger partial charge in [-0.05, 0) is 18.5 Å². The molecule has 2 N–H and O–H groups in total. The lowest BCUT2D eigenvalue weighted by Gasteiger charge is -2.21. The van der Waals surface area contributed by atoms with Crippen molar-refractivity contribution in [1.29, 1.82) is 0 Å². The van der Waals surface area contributed by atoms with Crippen molar-refractivity contribution in [1.82, 2.24) is 15.3 Å². The van der Waals surface area contributed by atoms with Gasteiger partial charge in [0.05, 0.1) is 31.0 Å². The SMILES string of the molecule is CC(C)CN[C@@H]1CO[C@@H]2[C@@H]1OC[C@@H]2Nc1nccc(C(C)(C)C)n1. The van der Waals surface area contributed by atoms with Crippen LogP contribution in [0.5, 0.6) is 0 Å². The van der Waals surface area contributed by atoms with Crippen LogP contribution in [0.4, 0.5) is 5.95 Å². The summed E-state index contributed by atoms with van der Waals surface area (Å²) in [6.45, 7) is 13.2. The van der Waals surface area contributed by atoms with Gasteiger partial charge in [0.15, 0.2) is 0 Å². The molecule has 1 aromatic heterocycles. The summed E-state index contributed by atoms with van der Waals surface area (Å²) in [5, 5.41) is 6.97. The summed E-state index contributed by atoms with van der Waals surface area (Å²) in [7, 11) is 0. The first-order valence-electron chi connectivity index (χ1n) is 8.91. The van der Waals surface area contributed by atoms with E-state index in [-0.39, 0.29) is 29.7 Å². The van der Waals surface area contributed by atoms with Crippen molar-refractivity contribution in [3.05, 3.63) is 18.0 Å². The van der Waals surface area contributed by atoms with E-state index in [9.17, 15) is 0 Å². The van der Waals surface area contributed by atoms with Gasteiger partial charge in [-0.2, -0.15) is 0 Å². The minimum absolute atomic E-state index is 0.00377. The average Bonchev–Trinajstić information content (AvgIpc) is 3.08. The van der Waals surface area contributed by atoms with Crippen LogP contribution in [-0.4, -0.2) is 54.0 Å². The van der Waals surface area contributed by atoms with Crippen molar-refractivity contribution in [2.24, 2.45) is 5.92 Å². The Morgan fingerprint density at radius 1 is 1.17 bits per heavy atom. The predicted octanol–water partition coefficient (Wildman–Crippen LogP) is 1.97. The molecular weight excluding hydrogens is 304 g/mol. The van der Waals surface area contributed by atoms with Crippen LogP contribution in [0.3, 0.4) is 0 Å². The van der Waals surface area contributed by atoms with Crippen LogP contribution < -0.4 is 10.6 Å². The molecule has 0 spiro atoms. The zero-order valence-corrected chi connectivity index (χ0v) is 15.4. The molecule has 1 aromatic rings. The van der Waals surface area contributed by atoms with Gasteiger partial charge >= 0.3 is 0 Å². The molecule has 0 radical (unpaired) electrons. The maximum absolute atomic E-state index is 6.00. The molecule has 0 aliphatic carbocycles. The van der Waals surface area contributed by atoms with Crippen molar-refractivity contribution in [3.63, 3.8) is 0 Å². The molecule has 24 heavy (non-hydrogen) atoms. The first kappa shape index (κ1) is 17.6. The van der Waals surface area contributed by atoms with Crippen molar-refractivity contribution in [3.8, 4) is 0 Å². The van der Waals surface area contributed by atoms with Gasteiger partial charge in [-0.3, -0.25) is 0 Å². The number of nitrogens with zero attached hydrogens (tertiary/aromatic N) is 2. The van der Waals surface area contributed by atoms with E-state index in [1.807, 2.05) is 12.3 Å². The lowest BCUT2D eigenvalue weighted by atomic mass is 9.92. The molecule has 3 heterocycles. The lowest BCUT2D eigenvalue weighted by Crippen LogP contribution is -2.43. The Labute approximate surface area is 144 Å². The first-order chi connectivity index (χ1) is 11.3. The molecule has 134 valence electrons. The predicted molar refractivity (Wildman–Crippen MR) is 94.3 cm³/mol. The highest BCUT2D eigenvalue weighted by Crippen LogP contribution is 2.29. The molecule has 2 fully saturated rings. The monoisotopic (exact) mass is 334 g/mol. The van der Waals surface area contributed by atoms with Gasteiger partial charge in [0, 0.05) is 11.6 Å². The number of fused-ring (bicyclic) bond motifs is 1. The Balaban J connectivity index is 1.62. The molecule has 0 bridgehead atoms. The highest BCUT2D eigenvalue weighted by molar-refractivity contribution is 5.30. The number of hydrogen-bond donors (Lipinski definition) is 2. The van der Waals surface area contributed by atoms with E-state index >= 15 is 0 Å². The van der Waals surface area contributed by atoms with Crippen LogP contribution in [0.25, 0.3) is 0 Å². The average molecular weight is 334 g/mol. The molecule has 6 nitrogen and oxygen atoms in total. The van der Waals surface area contributed by atoms with Crippen LogP contribution in [-0.2, 0) is 14.9 Å². The van der Waals surface area contributed by atoms with Crippen molar-refractivity contribution < 1.29 is 9.47 Å². The second kappa shape index (κ2) is 6.94. The number of ether oxygens (including phenoxy) is 2. The second-order valence-corrected chi connectivity index (χ2v) is 8.27. The zero-order chi connectivity index (χ0) is 17.3. The van der Waals surface area contributed by atoms with Gasteiger partial charge in [0.1, 0.15) is 12.2 Å². The Bertz CT molecular complexity index is 558. The zero-order valence-electron chi connectivity index (χ0n) is 15.4. The summed E-state index contributed by atoms with van der Waals surface area (Å²) in [6, 6.07) is 2.33. The minimum atomic E-state index is 0.00377. The summed E-state index contributed by atoms with van der Waals surface area (Å²) < 4.78 is 12.0. The largest absolute Gasteiger partial charge is 0.371 e. The second-order valence-electron chi connectivity index (χ2n) is 8.27. The van der Waals surface area contributed by atoms with E-state index in [0.717, 1.165) is 12.2 Å². The van der Waals surface area contributed by atoms with E-state index in [1.54, 1.807) is 0 Å². The number of anilines is 1. The van der Waals surface area contributed by atoms with E-state index in [2.05, 4.69) is 55.2 Å². The van der Waals surface area contributed by atoms with Crippen molar-refractivity contribution in [2.45, 2.75) is 64.3 Å². The Hall–Kier alpha value is -1.24. The smallest absolute Gasteiger partial charge is 0.223 e. The third-order valence-electron chi connectivity index (χ3n) is 4.58. The molecule has 6 heteroatoms. The van der Waals surface area contributed by atoms with Crippen molar-refractivity contribution >= 4 is 5.95 Å². The van der Waals surface area contributed by atoms with Gasteiger partial charge in [-0.25, -0.2) is 9.97 Å². The first-order valence-corrected chi connectivity index (χ1v) is 8.91. The third kappa shape index (κ3) is 3.87. The third-order valence-corrected chi connectivity index (χ3v) is 4.58. The van der Waals surface area contributed by atoms with Gasteiger partial charge in [-0.1, -0.05) is 34.6 Å². The molecule has 0 amide bonds. The summed E-state index contributed by atoms with van der Waals surface area (Å²) in [5.41, 5.74) is 1.03. The van der Waals surface area contributed by atoms with Gasteiger partial charge < -0.3 is 20.1 Å². The summed E-state index contributed by atoms with van der Waals surface area (Å²) in [4.78, 5) is 9.01.